The number of Topliss-reactive ketones (excluding diaryl/α,β-unsaturated/α-hetero) is 1. The molecule has 0 radical (unpaired) electrons. The fourth-order valence-corrected chi connectivity index (χ4v) is 3.67. The summed E-state index contributed by atoms with van der Waals surface area (Å²) in [5, 5.41) is 3.31. The lowest BCUT2D eigenvalue weighted by Gasteiger charge is -2.07. The summed E-state index contributed by atoms with van der Waals surface area (Å²) < 4.78 is 7.09. The Morgan fingerprint density at radius 1 is 1.13 bits per heavy atom. The zero-order valence-corrected chi connectivity index (χ0v) is 17.8. The molecule has 1 N–H and O–H groups in total. The van der Waals surface area contributed by atoms with Crippen LogP contribution in [0.1, 0.15) is 15.9 Å². The normalized spacial score (nSPS) is 10.8. The van der Waals surface area contributed by atoms with Gasteiger partial charge >= 0.3 is 0 Å². The SMILES string of the molecule is COc1cccc(Cn2cc(C(=O)C(=O)Nc3c(Cl)cncc3Cl)c3cccnc32)c1. The lowest BCUT2D eigenvalue weighted by atomic mass is 10.1. The minimum absolute atomic E-state index is 0.134. The number of rotatable bonds is 6. The molecule has 3 heterocycles. The van der Waals surface area contributed by atoms with Gasteiger partial charge in [-0.2, -0.15) is 0 Å². The molecule has 7 nitrogen and oxygen atoms in total. The predicted molar refractivity (Wildman–Crippen MR) is 119 cm³/mol. The van der Waals surface area contributed by atoms with E-state index in [1.54, 1.807) is 31.6 Å². The van der Waals surface area contributed by atoms with Crippen molar-refractivity contribution in [3.05, 3.63) is 82.4 Å². The van der Waals surface area contributed by atoms with Crippen molar-refractivity contribution < 1.29 is 14.3 Å². The van der Waals surface area contributed by atoms with E-state index in [1.165, 1.54) is 12.4 Å². The van der Waals surface area contributed by atoms with Crippen LogP contribution in [0.15, 0.2) is 61.2 Å². The number of ether oxygens (including phenoxy) is 1. The lowest BCUT2D eigenvalue weighted by molar-refractivity contribution is -0.112. The van der Waals surface area contributed by atoms with Crippen molar-refractivity contribution in [3.63, 3.8) is 0 Å². The van der Waals surface area contributed by atoms with E-state index < -0.39 is 11.7 Å². The van der Waals surface area contributed by atoms with E-state index in [9.17, 15) is 9.59 Å². The van der Waals surface area contributed by atoms with Gasteiger partial charge in [0.15, 0.2) is 0 Å². The lowest BCUT2D eigenvalue weighted by Crippen LogP contribution is -2.23. The Bertz CT molecular complexity index is 1280. The first-order valence-corrected chi connectivity index (χ1v) is 9.95. The number of hydrogen-bond acceptors (Lipinski definition) is 5. The molecular weight excluding hydrogens is 439 g/mol. The van der Waals surface area contributed by atoms with E-state index in [2.05, 4.69) is 15.3 Å². The number of carbonyl (C=O) groups is 2. The van der Waals surface area contributed by atoms with E-state index in [1.807, 2.05) is 28.8 Å². The summed E-state index contributed by atoms with van der Waals surface area (Å²) >= 11 is 12.1. The highest BCUT2D eigenvalue weighted by atomic mass is 35.5. The number of anilines is 1. The molecule has 4 aromatic rings. The Balaban J connectivity index is 1.67. The largest absolute Gasteiger partial charge is 0.497 e. The Morgan fingerprint density at radius 2 is 1.90 bits per heavy atom. The molecule has 0 aliphatic rings. The van der Waals surface area contributed by atoms with Gasteiger partial charge in [-0.15, -0.1) is 0 Å². The van der Waals surface area contributed by atoms with Gasteiger partial charge in [0.1, 0.15) is 11.4 Å². The van der Waals surface area contributed by atoms with E-state index in [4.69, 9.17) is 27.9 Å². The molecular formula is C22H16Cl2N4O3. The van der Waals surface area contributed by atoms with Gasteiger partial charge in [0.2, 0.25) is 0 Å². The molecule has 0 bridgehead atoms. The molecule has 1 aromatic carbocycles. The Morgan fingerprint density at radius 3 is 2.65 bits per heavy atom. The zero-order chi connectivity index (χ0) is 22.0. The highest BCUT2D eigenvalue weighted by Gasteiger charge is 2.23. The van der Waals surface area contributed by atoms with Gasteiger partial charge in [-0.25, -0.2) is 4.98 Å². The second kappa shape index (κ2) is 8.75. The molecule has 156 valence electrons. The van der Waals surface area contributed by atoms with Crippen LogP contribution >= 0.6 is 23.2 Å². The van der Waals surface area contributed by atoms with Crippen LogP contribution in [0.2, 0.25) is 10.0 Å². The summed E-state index contributed by atoms with van der Waals surface area (Å²) in [5.41, 5.74) is 1.90. The van der Waals surface area contributed by atoms with Crippen molar-refractivity contribution in [3.8, 4) is 5.75 Å². The van der Waals surface area contributed by atoms with Crippen molar-refractivity contribution in [2.24, 2.45) is 0 Å². The number of fused-ring (bicyclic) bond motifs is 1. The second-order valence-corrected chi connectivity index (χ2v) is 7.47. The van der Waals surface area contributed by atoms with E-state index in [0.717, 1.165) is 11.3 Å². The van der Waals surface area contributed by atoms with Gasteiger partial charge in [-0.1, -0.05) is 35.3 Å². The number of aromatic nitrogens is 3. The number of hydrogen-bond donors (Lipinski definition) is 1. The smallest absolute Gasteiger partial charge is 0.296 e. The van der Waals surface area contributed by atoms with Crippen molar-refractivity contribution in [2.45, 2.75) is 6.54 Å². The maximum absolute atomic E-state index is 13.0. The fourth-order valence-electron chi connectivity index (χ4n) is 3.21. The highest BCUT2D eigenvalue weighted by molar-refractivity contribution is 6.50. The number of pyridine rings is 2. The summed E-state index contributed by atoms with van der Waals surface area (Å²) in [6.45, 7) is 0.446. The summed E-state index contributed by atoms with van der Waals surface area (Å²) in [6, 6.07) is 11.0. The van der Waals surface area contributed by atoms with Gasteiger partial charge in [-0.05, 0) is 29.8 Å². The van der Waals surface area contributed by atoms with Crippen LogP contribution in [0.25, 0.3) is 11.0 Å². The van der Waals surface area contributed by atoms with Crippen LogP contribution in [0.3, 0.4) is 0 Å². The average Bonchev–Trinajstić information content (AvgIpc) is 3.14. The third-order valence-electron chi connectivity index (χ3n) is 4.66. The third-order valence-corrected chi connectivity index (χ3v) is 5.24. The zero-order valence-electron chi connectivity index (χ0n) is 16.3. The average molecular weight is 455 g/mol. The quantitative estimate of drug-likeness (QED) is 0.339. The summed E-state index contributed by atoms with van der Waals surface area (Å²) in [4.78, 5) is 33.9. The number of carbonyl (C=O) groups excluding carboxylic acids is 2. The van der Waals surface area contributed by atoms with Gasteiger partial charge < -0.3 is 14.6 Å². The first-order valence-electron chi connectivity index (χ1n) is 9.19. The van der Waals surface area contributed by atoms with E-state index in [0.29, 0.717) is 17.6 Å². The number of nitrogens with zero attached hydrogens (tertiary/aromatic N) is 3. The van der Waals surface area contributed by atoms with Crippen LogP contribution < -0.4 is 10.1 Å². The minimum Gasteiger partial charge on any atom is -0.497 e. The van der Waals surface area contributed by atoms with Crippen molar-refractivity contribution >= 4 is 51.6 Å². The molecule has 1 amide bonds. The molecule has 0 unspecified atom stereocenters. The van der Waals surface area contributed by atoms with Crippen molar-refractivity contribution in [1.82, 2.24) is 14.5 Å². The molecule has 3 aromatic heterocycles. The topological polar surface area (TPSA) is 86.1 Å². The van der Waals surface area contributed by atoms with Gasteiger partial charge in [0.25, 0.3) is 11.7 Å². The van der Waals surface area contributed by atoms with Crippen LogP contribution in [0, 0.1) is 0 Å². The number of benzene rings is 1. The Kier molecular flexibility index (Phi) is 5.88. The number of nitrogens with one attached hydrogen (secondary N) is 1. The van der Waals surface area contributed by atoms with E-state index in [-0.39, 0.29) is 21.3 Å². The van der Waals surface area contributed by atoms with Crippen LogP contribution in [-0.4, -0.2) is 33.3 Å². The molecule has 0 aliphatic heterocycles. The number of amides is 1. The fraction of sp³-hybridized carbons (Fsp3) is 0.0909. The summed E-state index contributed by atoms with van der Waals surface area (Å²) in [5.74, 6) is -0.866. The summed E-state index contributed by atoms with van der Waals surface area (Å²) in [6.07, 6.45) is 5.92. The molecule has 0 spiro atoms. The van der Waals surface area contributed by atoms with Gasteiger partial charge in [0.05, 0.1) is 28.4 Å². The van der Waals surface area contributed by atoms with Gasteiger partial charge in [-0.3, -0.25) is 14.6 Å². The third kappa shape index (κ3) is 4.23. The number of ketones is 1. The molecule has 0 saturated carbocycles. The maximum atomic E-state index is 13.0. The molecule has 0 aliphatic carbocycles. The number of halogens is 2. The standard InChI is InChI=1S/C22H16Cl2N4O3/c1-31-14-5-2-4-13(8-14)11-28-12-16(15-6-3-7-26-21(15)28)20(29)22(30)27-19-17(23)9-25-10-18(19)24/h2-10,12H,11H2,1H3,(H,25,27,30). The molecule has 31 heavy (non-hydrogen) atoms. The van der Waals surface area contributed by atoms with Crippen LogP contribution in [-0.2, 0) is 11.3 Å². The van der Waals surface area contributed by atoms with E-state index >= 15 is 0 Å². The predicted octanol–water partition coefficient (Wildman–Crippen LogP) is 4.62. The van der Waals surface area contributed by atoms with Crippen LogP contribution in [0.5, 0.6) is 5.75 Å². The Labute approximate surface area is 187 Å². The molecule has 0 atom stereocenters. The second-order valence-electron chi connectivity index (χ2n) is 6.66. The Hall–Kier alpha value is -3.42. The van der Waals surface area contributed by atoms with Crippen molar-refractivity contribution in [1.29, 1.82) is 0 Å². The molecule has 4 rings (SSSR count). The monoisotopic (exact) mass is 454 g/mol. The van der Waals surface area contributed by atoms with Gasteiger partial charge in [0, 0.05) is 36.7 Å². The number of methoxy groups -OCH3 is 1. The molecule has 9 heteroatoms. The first kappa shape index (κ1) is 20.8. The van der Waals surface area contributed by atoms with Crippen LogP contribution in [0.4, 0.5) is 5.69 Å². The molecule has 0 fully saturated rings. The minimum atomic E-state index is -0.862. The molecule has 0 saturated heterocycles. The first-order chi connectivity index (χ1) is 15.0. The van der Waals surface area contributed by atoms with Crippen molar-refractivity contribution in [2.75, 3.05) is 12.4 Å². The highest BCUT2D eigenvalue weighted by Crippen LogP contribution is 2.29. The maximum Gasteiger partial charge on any atom is 0.296 e. The summed E-state index contributed by atoms with van der Waals surface area (Å²) in [7, 11) is 1.60.